The van der Waals surface area contributed by atoms with Gasteiger partial charge in [-0.25, -0.2) is 4.79 Å². The normalized spacial score (nSPS) is 10.8. The standard InChI is InChI=1S/C13H25N3O4/c1-5-13(6-2,11(18)19)9-10(17)14-7-8-15-12(20)16(3)4/h5-9H2,1-4H3,(H,14,17)(H,15,20)(H,18,19). The lowest BCUT2D eigenvalue weighted by Gasteiger charge is -2.25. The lowest BCUT2D eigenvalue weighted by molar-refractivity contribution is -0.152. The smallest absolute Gasteiger partial charge is 0.316 e. The summed E-state index contributed by atoms with van der Waals surface area (Å²) in [5.74, 6) is -1.26. The Morgan fingerprint density at radius 3 is 1.95 bits per heavy atom. The molecular weight excluding hydrogens is 262 g/mol. The predicted octanol–water partition coefficient (Wildman–Crippen LogP) is 0.655. The molecule has 0 aromatic heterocycles. The molecule has 7 nitrogen and oxygen atoms in total. The largest absolute Gasteiger partial charge is 0.481 e. The Kier molecular flexibility index (Phi) is 7.64. The summed E-state index contributed by atoms with van der Waals surface area (Å²) in [6.45, 7) is 4.12. The summed E-state index contributed by atoms with van der Waals surface area (Å²) in [5.41, 5.74) is -1.00. The summed E-state index contributed by atoms with van der Waals surface area (Å²) in [7, 11) is 3.25. The maximum atomic E-state index is 11.8. The first-order chi connectivity index (χ1) is 9.29. The first-order valence-corrected chi connectivity index (χ1v) is 6.74. The van der Waals surface area contributed by atoms with E-state index < -0.39 is 11.4 Å². The Morgan fingerprint density at radius 1 is 1.05 bits per heavy atom. The van der Waals surface area contributed by atoms with Gasteiger partial charge in [-0.3, -0.25) is 9.59 Å². The van der Waals surface area contributed by atoms with E-state index in [2.05, 4.69) is 10.6 Å². The van der Waals surface area contributed by atoms with Crippen LogP contribution < -0.4 is 10.6 Å². The van der Waals surface area contributed by atoms with E-state index in [0.717, 1.165) is 0 Å². The fraction of sp³-hybridized carbons (Fsp3) is 0.769. The average molecular weight is 287 g/mol. The van der Waals surface area contributed by atoms with Crippen molar-refractivity contribution in [2.24, 2.45) is 5.41 Å². The molecule has 0 aromatic carbocycles. The summed E-state index contributed by atoms with van der Waals surface area (Å²) in [4.78, 5) is 35.6. The van der Waals surface area contributed by atoms with E-state index in [1.165, 1.54) is 4.90 Å². The first-order valence-electron chi connectivity index (χ1n) is 6.74. The number of carbonyl (C=O) groups excluding carboxylic acids is 2. The Labute approximate surface area is 119 Å². The molecule has 116 valence electrons. The number of carboxylic acids is 1. The first kappa shape index (κ1) is 18.2. The van der Waals surface area contributed by atoms with Gasteiger partial charge in [0.25, 0.3) is 0 Å². The van der Waals surface area contributed by atoms with Gasteiger partial charge >= 0.3 is 12.0 Å². The Morgan fingerprint density at radius 2 is 1.55 bits per heavy atom. The molecule has 0 spiro atoms. The highest BCUT2D eigenvalue weighted by Crippen LogP contribution is 2.30. The van der Waals surface area contributed by atoms with Crippen LogP contribution in [0.3, 0.4) is 0 Å². The van der Waals surface area contributed by atoms with Crippen LogP contribution in [0.2, 0.25) is 0 Å². The quantitative estimate of drug-likeness (QED) is 0.571. The molecule has 0 bridgehead atoms. The number of urea groups is 1. The van der Waals surface area contributed by atoms with Crippen LogP contribution in [0.1, 0.15) is 33.1 Å². The monoisotopic (exact) mass is 287 g/mol. The SMILES string of the molecule is CCC(CC)(CC(=O)NCCNC(=O)N(C)C)C(=O)O. The molecule has 0 aliphatic heterocycles. The Bertz CT molecular complexity index is 352. The molecule has 0 unspecified atom stereocenters. The van der Waals surface area contributed by atoms with E-state index in [-0.39, 0.29) is 24.9 Å². The molecule has 0 atom stereocenters. The molecule has 3 amide bonds. The molecule has 0 saturated heterocycles. The zero-order valence-corrected chi connectivity index (χ0v) is 12.7. The average Bonchev–Trinajstić information content (AvgIpc) is 2.40. The molecule has 20 heavy (non-hydrogen) atoms. The predicted molar refractivity (Wildman–Crippen MR) is 75.4 cm³/mol. The Balaban J connectivity index is 4.17. The number of amides is 3. The summed E-state index contributed by atoms with van der Waals surface area (Å²) < 4.78 is 0. The summed E-state index contributed by atoms with van der Waals surface area (Å²) in [6, 6.07) is -0.235. The van der Waals surface area contributed by atoms with Gasteiger partial charge in [-0.05, 0) is 12.8 Å². The van der Waals surface area contributed by atoms with Crippen LogP contribution in [-0.4, -0.2) is 55.1 Å². The lowest BCUT2D eigenvalue weighted by Crippen LogP contribution is -2.41. The summed E-state index contributed by atoms with van der Waals surface area (Å²) in [6.07, 6.45) is 0.768. The number of hydrogen-bond acceptors (Lipinski definition) is 3. The minimum Gasteiger partial charge on any atom is -0.481 e. The number of nitrogens with zero attached hydrogens (tertiary/aromatic N) is 1. The second-order valence-corrected chi connectivity index (χ2v) is 4.95. The molecule has 0 aliphatic carbocycles. The van der Waals surface area contributed by atoms with Gasteiger partial charge in [0.1, 0.15) is 0 Å². The van der Waals surface area contributed by atoms with Crippen molar-refractivity contribution in [2.45, 2.75) is 33.1 Å². The third-order valence-electron chi connectivity index (χ3n) is 3.44. The third-order valence-corrected chi connectivity index (χ3v) is 3.44. The van der Waals surface area contributed by atoms with Crippen LogP contribution in [0.15, 0.2) is 0 Å². The van der Waals surface area contributed by atoms with Gasteiger partial charge in [0.15, 0.2) is 0 Å². The van der Waals surface area contributed by atoms with Crippen LogP contribution in [0.4, 0.5) is 4.79 Å². The number of carboxylic acid groups (broad SMARTS) is 1. The molecular formula is C13H25N3O4. The van der Waals surface area contributed by atoms with E-state index in [1.807, 2.05) is 0 Å². The van der Waals surface area contributed by atoms with E-state index in [4.69, 9.17) is 0 Å². The fourth-order valence-corrected chi connectivity index (χ4v) is 1.78. The van der Waals surface area contributed by atoms with Gasteiger partial charge in [-0.2, -0.15) is 0 Å². The fourth-order valence-electron chi connectivity index (χ4n) is 1.78. The molecule has 0 aliphatic rings. The summed E-state index contributed by atoms with van der Waals surface area (Å²) >= 11 is 0. The molecule has 0 fully saturated rings. The van der Waals surface area contributed by atoms with Gasteiger partial charge in [0.2, 0.25) is 5.91 Å². The third kappa shape index (κ3) is 5.46. The van der Waals surface area contributed by atoms with Crippen molar-refractivity contribution in [2.75, 3.05) is 27.2 Å². The van der Waals surface area contributed by atoms with Crippen LogP contribution in [0.25, 0.3) is 0 Å². The van der Waals surface area contributed by atoms with Crippen molar-refractivity contribution in [3.63, 3.8) is 0 Å². The number of hydrogen-bond donors (Lipinski definition) is 3. The van der Waals surface area contributed by atoms with Crippen molar-refractivity contribution in [1.29, 1.82) is 0 Å². The summed E-state index contributed by atoms with van der Waals surface area (Å²) in [5, 5.41) is 14.5. The van der Waals surface area contributed by atoms with Crippen molar-refractivity contribution in [3.8, 4) is 0 Å². The second kappa shape index (κ2) is 8.39. The highest BCUT2D eigenvalue weighted by atomic mass is 16.4. The molecule has 0 radical (unpaired) electrons. The van der Waals surface area contributed by atoms with Gasteiger partial charge in [-0.15, -0.1) is 0 Å². The van der Waals surface area contributed by atoms with E-state index >= 15 is 0 Å². The molecule has 7 heteroatoms. The van der Waals surface area contributed by atoms with Crippen LogP contribution >= 0.6 is 0 Å². The van der Waals surface area contributed by atoms with Crippen molar-refractivity contribution in [3.05, 3.63) is 0 Å². The van der Waals surface area contributed by atoms with Crippen LogP contribution in [-0.2, 0) is 9.59 Å². The lowest BCUT2D eigenvalue weighted by atomic mass is 9.79. The van der Waals surface area contributed by atoms with Gasteiger partial charge in [0.05, 0.1) is 5.41 Å². The van der Waals surface area contributed by atoms with Crippen molar-refractivity contribution >= 4 is 17.9 Å². The van der Waals surface area contributed by atoms with Gasteiger partial charge in [0, 0.05) is 33.6 Å². The number of carbonyl (C=O) groups is 3. The highest BCUT2D eigenvalue weighted by Gasteiger charge is 2.36. The van der Waals surface area contributed by atoms with Crippen LogP contribution in [0.5, 0.6) is 0 Å². The van der Waals surface area contributed by atoms with Crippen LogP contribution in [0, 0.1) is 5.41 Å². The highest BCUT2D eigenvalue weighted by molar-refractivity contribution is 5.84. The van der Waals surface area contributed by atoms with E-state index in [0.29, 0.717) is 19.4 Å². The second-order valence-electron chi connectivity index (χ2n) is 4.95. The minimum absolute atomic E-state index is 0.0447. The molecule has 0 rings (SSSR count). The van der Waals surface area contributed by atoms with Gasteiger partial charge in [-0.1, -0.05) is 13.8 Å². The molecule has 0 aromatic rings. The zero-order valence-electron chi connectivity index (χ0n) is 12.7. The number of rotatable bonds is 8. The topological polar surface area (TPSA) is 98.7 Å². The number of nitrogens with one attached hydrogen (secondary N) is 2. The number of aliphatic carboxylic acids is 1. The van der Waals surface area contributed by atoms with Gasteiger partial charge < -0.3 is 20.6 Å². The maximum absolute atomic E-state index is 11.8. The maximum Gasteiger partial charge on any atom is 0.316 e. The van der Waals surface area contributed by atoms with E-state index in [1.54, 1.807) is 27.9 Å². The Hall–Kier alpha value is -1.79. The molecule has 0 heterocycles. The van der Waals surface area contributed by atoms with E-state index in [9.17, 15) is 19.5 Å². The van der Waals surface area contributed by atoms with Crippen molar-refractivity contribution < 1.29 is 19.5 Å². The molecule has 0 saturated carbocycles. The molecule has 3 N–H and O–H groups in total. The minimum atomic E-state index is -1.00. The zero-order chi connectivity index (χ0) is 15.8. The van der Waals surface area contributed by atoms with Crippen molar-refractivity contribution in [1.82, 2.24) is 15.5 Å².